The SMILES string of the molecule is COC(=O)C1CC(=O)N(c2cccc(C(C)C)c2)C1. The van der Waals surface area contributed by atoms with Crippen LogP contribution in [0.2, 0.25) is 0 Å². The van der Waals surface area contributed by atoms with Crippen LogP contribution in [0.15, 0.2) is 24.3 Å². The standard InChI is InChI=1S/C15H19NO3/c1-10(2)11-5-4-6-13(7-11)16-9-12(8-14(16)17)15(18)19-3/h4-7,10,12H,8-9H2,1-3H3. The Morgan fingerprint density at radius 1 is 1.42 bits per heavy atom. The Balaban J connectivity index is 2.20. The summed E-state index contributed by atoms with van der Waals surface area (Å²) in [6, 6.07) is 7.92. The second-order valence-electron chi connectivity index (χ2n) is 5.18. The molecule has 2 rings (SSSR count). The van der Waals surface area contributed by atoms with Gasteiger partial charge < -0.3 is 9.64 Å². The first-order valence-electron chi connectivity index (χ1n) is 6.51. The largest absolute Gasteiger partial charge is 0.469 e. The van der Waals surface area contributed by atoms with Gasteiger partial charge >= 0.3 is 5.97 Å². The number of methoxy groups -OCH3 is 1. The van der Waals surface area contributed by atoms with Crippen molar-refractivity contribution >= 4 is 17.6 Å². The van der Waals surface area contributed by atoms with Gasteiger partial charge in [0.05, 0.1) is 13.0 Å². The lowest BCUT2D eigenvalue weighted by molar-refractivity contribution is -0.145. The molecule has 1 aliphatic heterocycles. The molecule has 1 saturated heterocycles. The second kappa shape index (κ2) is 5.43. The maximum Gasteiger partial charge on any atom is 0.311 e. The van der Waals surface area contributed by atoms with Crippen LogP contribution in [-0.2, 0) is 14.3 Å². The van der Waals surface area contributed by atoms with E-state index in [9.17, 15) is 9.59 Å². The molecule has 1 atom stereocenters. The van der Waals surface area contributed by atoms with Crippen molar-refractivity contribution < 1.29 is 14.3 Å². The topological polar surface area (TPSA) is 46.6 Å². The summed E-state index contributed by atoms with van der Waals surface area (Å²) in [6.45, 7) is 4.64. The fourth-order valence-corrected chi connectivity index (χ4v) is 2.33. The molecule has 0 aromatic heterocycles. The Kier molecular flexibility index (Phi) is 3.88. The van der Waals surface area contributed by atoms with Gasteiger partial charge in [0.15, 0.2) is 0 Å². The van der Waals surface area contributed by atoms with Gasteiger partial charge in [-0.1, -0.05) is 26.0 Å². The third-order valence-electron chi connectivity index (χ3n) is 3.51. The molecule has 0 saturated carbocycles. The van der Waals surface area contributed by atoms with E-state index >= 15 is 0 Å². The Bertz CT molecular complexity index is 496. The molecule has 0 aliphatic carbocycles. The molecule has 102 valence electrons. The lowest BCUT2D eigenvalue weighted by Crippen LogP contribution is -2.26. The first-order valence-corrected chi connectivity index (χ1v) is 6.51. The van der Waals surface area contributed by atoms with E-state index in [-0.39, 0.29) is 24.2 Å². The van der Waals surface area contributed by atoms with Crippen molar-refractivity contribution in [1.82, 2.24) is 0 Å². The van der Waals surface area contributed by atoms with Gasteiger partial charge in [0.25, 0.3) is 0 Å². The zero-order valence-corrected chi connectivity index (χ0v) is 11.6. The zero-order valence-electron chi connectivity index (χ0n) is 11.6. The molecule has 1 aromatic rings. The number of rotatable bonds is 3. The van der Waals surface area contributed by atoms with E-state index in [4.69, 9.17) is 4.74 Å². The molecule has 1 aliphatic rings. The highest BCUT2D eigenvalue weighted by molar-refractivity contribution is 5.99. The van der Waals surface area contributed by atoms with Crippen LogP contribution < -0.4 is 4.90 Å². The van der Waals surface area contributed by atoms with Crippen LogP contribution in [0.1, 0.15) is 31.7 Å². The summed E-state index contributed by atoms with van der Waals surface area (Å²) in [7, 11) is 1.36. The predicted molar refractivity (Wildman–Crippen MR) is 73.0 cm³/mol. The first kappa shape index (κ1) is 13.6. The van der Waals surface area contributed by atoms with Crippen molar-refractivity contribution in [2.45, 2.75) is 26.2 Å². The van der Waals surface area contributed by atoms with Crippen LogP contribution in [-0.4, -0.2) is 25.5 Å². The number of hydrogen-bond acceptors (Lipinski definition) is 3. The number of benzene rings is 1. The van der Waals surface area contributed by atoms with E-state index in [1.807, 2.05) is 24.3 Å². The minimum Gasteiger partial charge on any atom is -0.469 e. The third kappa shape index (κ3) is 2.78. The molecule has 19 heavy (non-hydrogen) atoms. The summed E-state index contributed by atoms with van der Waals surface area (Å²) in [5.74, 6) is -0.263. The van der Waals surface area contributed by atoms with Crippen molar-refractivity contribution in [2.75, 3.05) is 18.6 Å². The molecule has 1 unspecified atom stereocenters. The minimum absolute atomic E-state index is 0.0173. The van der Waals surface area contributed by atoms with Gasteiger partial charge in [-0.15, -0.1) is 0 Å². The number of hydrogen-bond donors (Lipinski definition) is 0. The third-order valence-corrected chi connectivity index (χ3v) is 3.51. The fraction of sp³-hybridized carbons (Fsp3) is 0.467. The van der Waals surface area contributed by atoms with Crippen LogP contribution in [0, 0.1) is 5.92 Å². The summed E-state index contributed by atoms with van der Waals surface area (Å²) in [6.07, 6.45) is 0.235. The first-order chi connectivity index (χ1) is 9.02. The molecule has 1 fully saturated rings. The van der Waals surface area contributed by atoms with E-state index in [1.54, 1.807) is 4.90 Å². The van der Waals surface area contributed by atoms with Crippen LogP contribution in [0.3, 0.4) is 0 Å². The maximum absolute atomic E-state index is 12.0. The Morgan fingerprint density at radius 3 is 2.79 bits per heavy atom. The summed E-state index contributed by atoms with van der Waals surface area (Å²) in [4.78, 5) is 25.2. The number of anilines is 1. The summed E-state index contributed by atoms with van der Waals surface area (Å²) in [5.41, 5.74) is 2.05. The predicted octanol–water partition coefficient (Wildman–Crippen LogP) is 2.34. The number of nitrogens with zero attached hydrogens (tertiary/aromatic N) is 1. The van der Waals surface area contributed by atoms with Gasteiger partial charge in [0, 0.05) is 18.7 Å². The number of carbonyl (C=O) groups is 2. The number of ether oxygens (including phenoxy) is 1. The van der Waals surface area contributed by atoms with Crippen molar-refractivity contribution in [3.05, 3.63) is 29.8 Å². The lowest BCUT2D eigenvalue weighted by Gasteiger charge is -2.18. The Labute approximate surface area is 113 Å². The molecule has 1 aromatic carbocycles. The minimum atomic E-state index is -0.347. The van der Waals surface area contributed by atoms with Crippen molar-refractivity contribution in [1.29, 1.82) is 0 Å². The Morgan fingerprint density at radius 2 is 2.16 bits per heavy atom. The molecule has 0 radical (unpaired) electrons. The average molecular weight is 261 g/mol. The number of esters is 1. The van der Waals surface area contributed by atoms with Crippen molar-refractivity contribution in [2.24, 2.45) is 5.92 Å². The van der Waals surface area contributed by atoms with Gasteiger partial charge in [-0.3, -0.25) is 9.59 Å². The van der Waals surface area contributed by atoms with Gasteiger partial charge in [0.2, 0.25) is 5.91 Å². The molecular weight excluding hydrogens is 242 g/mol. The van der Waals surface area contributed by atoms with E-state index < -0.39 is 0 Å². The number of amides is 1. The molecular formula is C15H19NO3. The smallest absolute Gasteiger partial charge is 0.311 e. The molecule has 0 spiro atoms. The summed E-state index contributed by atoms with van der Waals surface area (Å²) < 4.78 is 4.71. The highest BCUT2D eigenvalue weighted by Gasteiger charge is 2.35. The van der Waals surface area contributed by atoms with Gasteiger partial charge in [-0.2, -0.15) is 0 Å². The van der Waals surface area contributed by atoms with Gasteiger partial charge in [-0.05, 0) is 23.6 Å². The lowest BCUT2D eigenvalue weighted by atomic mass is 10.0. The molecule has 1 heterocycles. The maximum atomic E-state index is 12.0. The van der Waals surface area contributed by atoms with E-state index in [2.05, 4.69) is 13.8 Å². The Hall–Kier alpha value is -1.84. The zero-order chi connectivity index (χ0) is 14.0. The molecule has 0 bridgehead atoms. The van der Waals surface area contributed by atoms with E-state index in [1.165, 1.54) is 12.7 Å². The van der Waals surface area contributed by atoms with Gasteiger partial charge in [-0.25, -0.2) is 0 Å². The molecule has 1 amide bonds. The van der Waals surface area contributed by atoms with Crippen LogP contribution in [0.4, 0.5) is 5.69 Å². The number of carbonyl (C=O) groups excluding carboxylic acids is 2. The quantitative estimate of drug-likeness (QED) is 0.785. The van der Waals surface area contributed by atoms with Gasteiger partial charge in [0.1, 0.15) is 0 Å². The van der Waals surface area contributed by atoms with Crippen molar-refractivity contribution in [3.63, 3.8) is 0 Å². The highest BCUT2D eigenvalue weighted by Crippen LogP contribution is 2.28. The second-order valence-corrected chi connectivity index (χ2v) is 5.18. The average Bonchev–Trinajstić information content (AvgIpc) is 2.80. The monoisotopic (exact) mass is 261 g/mol. The van der Waals surface area contributed by atoms with E-state index in [0.29, 0.717) is 12.5 Å². The molecule has 0 N–H and O–H groups in total. The van der Waals surface area contributed by atoms with Crippen molar-refractivity contribution in [3.8, 4) is 0 Å². The molecule has 4 nitrogen and oxygen atoms in total. The van der Waals surface area contributed by atoms with Crippen LogP contribution >= 0.6 is 0 Å². The summed E-state index contributed by atoms with van der Waals surface area (Å²) >= 11 is 0. The normalized spacial score (nSPS) is 19.1. The van der Waals surface area contributed by atoms with Crippen LogP contribution in [0.25, 0.3) is 0 Å². The highest BCUT2D eigenvalue weighted by atomic mass is 16.5. The van der Waals surface area contributed by atoms with Crippen LogP contribution in [0.5, 0.6) is 0 Å². The fourth-order valence-electron chi connectivity index (χ4n) is 2.33. The summed E-state index contributed by atoms with van der Waals surface area (Å²) in [5, 5.41) is 0. The molecule has 4 heteroatoms. The van der Waals surface area contributed by atoms with E-state index in [0.717, 1.165) is 5.69 Å².